The fourth-order valence-corrected chi connectivity index (χ4v) is 2.28. The van der Waals surface area contributed by atoms with Crippen LogP contribution >= 0.6 is 0 Å². The van der Waals surface area contributed by atoms with Crippen LogP contribution in [0.1, 0.15) is 65.2 Å². The lowest BCUT2D eigenvalue weighted by Gasteiger charge is -2.17. The number of hydrogen-bond donors (Lipinski definition) is 0. The van der Waals surface area contributed by atoms with E-state index in [1.165, 1.54) is 0 Å². The van der Waals surface area contributed by atoms with Gasteiger partial charge in [-0.25, -0.2) is 9.59 Å². The molecule has 0 aromatic rings. The van der Waals surface area contributed by atoms with Crippen LogP contribution in [0.25, 0.3) is 0 Å². The van der Waals surface area contributed by atoms with Crippen LogP contribution in [0.5, 0.6) is 0 Å². The van der Waals surface area contributed by atoms with E-state index >= 15 is 0 Å². The van der Waals surface area contributed by atoms with Crippen molar-refractivity contribution in [2.75, 3.05) is 13.2 Å². The quantitative estimate of drug-likeness (QED) is 0.385. The Balaban J connectivity index is 2.61. The van der Waals surface area contributed by atoms with E-state index in [0.29, 0.717) is 13.2 Å². The minimum absolute atomic E-state index is 0.310. The summed E-state index contributed by atoms with van der Waals surface area (Å²) in [4.78, 5) is 23.6. The average Bonchev–Trinajstić information content (AvgIpc) is 2.50. The summed E-state index contributed by atoms with van der Waals surface area (Å²) >= 11 is 0. The summed E-state index contributed by atoms with van der Waals surface area (Å²) in [5.41, 5.74) is 1.83. The molecule has 0 unspecified atom stereocenters. The third kappa shape index (κ3) is 7.43. The van der Waals surface area contributed by atoms with E-state index in [9.17, 15) is 9.59 Å². The predicted octanol–water partition coefficient (Wildman–Crippen LogP) is 4.10. The van der Waals surface area contributed by atoms with Crippen LogP contribution in [0.2, 0.25) is 0 Å². The van der Waals surface area contributed by atoms with E-state index < -0.39 is 0 Å². The standard InChI is InChI=1S/C18H28O4/c1-3-5-11-21-17(19)13-15-9-7-8-10-16(15)14-18(20)22-12-6-4-2/h13-14H,3-12H2,1-2H3/b15-13-,16-14+. The number of allylic oxidation sites excluding steroid dienone is 2. The molecule has 0 amide bonds. The number of esters is 2. The normalized spacial score (nSPS) is 18.5. The molecule has 4 nitrogen and oxygen atoms in total. The zero-order valence-electron chi connectivity index (χ0n) is 13.9. The van der Waals surface area contributed by atoms with Crippen molar-refractivity contribution >= 4 is 11.9 Å². The van der Waals surface area contributed by atoms with Gasteiger partial charge < -0.3 is 9.47 Å². The smallest absolute Gasteiger partial charge is 0.331 e. The largest absolute Gasteiger partial charge is 0.463 e. The Hall–Kier alpha value is -1.58. The maximum absolute atomic E-state index is 11.8. The fraction of sp³-hybridized carbons (Fsp3) is 0.667. The molecule has 0 aromatic carbocycles. The van der Waals surface area contributed by atoms with Crippen LogP contribution in [-0.4, -0.2) is 25.2 Å². The highest BCUT2D eigenvalue weighted by Crippen LogP contribution is 2.28. The van der Waals surface area contributed by atoms with Crippen molar-refractivity contribution in [3.8, 4) is 0 Å². The van der Waals surface area contributed by atoms with E-state index in [0.717, 1.165) is 62.5 Å². The number of hydrogen-bond acceptors (Lipinski definition) is 4. The number of unbranched alkanes of at least 4 members (excludes halogenated alkanes) is 2. The van der Waals surface area contributed by atoms with Gasteiger partial charge >= 0.3 is 11.9 Å². The molecule has 0 heterocycles. The molecule has 0 atom stereocenters. The van der Waals surface area contributed by atoms with Gasteiger partial charge in [-0.1, -0.05) is 26.7 Å². The number of ether oxygens (including phenoxy) is 2. The third-order valence-corrected chi connectivity index (χ3v) is 3.62. The molecule has 1 aliphatic carbocycles. The molecular formula is C18H28O4. The van der Waals surface area contributed by atoms with E-state index in [2.05, 4.69) is 13.8 Å². The van der Waals surface area contributed by atoms with Gasteiger partial charge in [0.25, 0.3) is 0 Å². The van der Waals surface area contributed by atoms with Gasteiger partial charge in [0.1, 0.15) is 0 Å². The number of carbonyl (C=O) groups excluding carboxylic acids is 2. The Morgan fingerprint density at radius 3 is 1.64 bits per heavy atom. The minimum Gasteiger partial charge on any atom is -0.463 e. The molecule has 1 fully saturated rings. The Kier molecular flexibility index (Phi) is 9.28. The molecule has 1 rings (SSSR count). The first-order valence-electron chi connectivity index (χ1n) is 8.42. The predicted molar refractivity (Wildman–Crippen MR) is 86.4 cm³/mol. The molecule has 0 bridgehead atoms. The maximum atomic E-state index is 11.8. The van der Waals surface area contributed by atoms with Gasteiger partial charge in [-0.15, -0.1) is 0 Å². The zero-order valence-corrected chi connectivity index (χ0v) is 13.9. The maximum Gasteiger partial charge on any atom is 0.331 e. The molecule has 0 aliphatic heterocycles. The molecule has 0 N–H and O–H groups in total. The molecule has 0 aromatic heterocycles. The van der Waals surface area contributed by atoms with Crippen LogP contribution in [0.4, 0.5) is 0 Å². The SMILES string of the molecule is CCCCOC(=O)/C=C1/CCCC/C1=C\C(=O)OCCCC. The van der Waals surface area contributed by atoms with E-state index in [1.807, 2.05) is 0 Å². The summed E-state index contributed by atoms with van der Waals surface area (Å²) in [6, 6.07) is 0. The second kappa shape index (κ2) is 11.0. The molecule has 1 aliphatic rings. The van der Waals surface area contributed by atoms with Gasteiger partial charge in [0, 0.05) is 12.2 Å². The number of rotatable bonds is 8. The van der Waals surface area contributed by atoms with Gasteiger partial charge in [-0.3, -0.25) is 0 Å². The molecule has 4 heteroatoms. The Morgan fingerprint density at radius 2 is 1.27 bits per heavy atom. The molecular weight excluding hydrogens is 280 g/mol. The lowest BCUT2D eigenvalue weighted by atomic mass is 9.89. The van der Waals surface area contributed by atoms with E-state index in [4.69, 9.17) is 9.47 Å². The van der Waals surface area contributed by atoms with E-state index in [-0.39, 0.29) is 11.9 Å². The molecule has 0 spiro atoms. The van der Waals surface area contributed by atoms with Gasteiger partial charge in [0.15, 0.2) is 0 Å². The van der Waals surface area contributed by atoms with Crippen LogP contribution in [0, 0.1) is 0 Å². The van der Waals surface area contributed by atoms with Crippen LogP contribution in [-0.2, 0) is 19.1 Å². The summed E-state index contributed by atoms with van der Waals surface area (Å²) in [6.07, 6.45) is 10.5. The molecule has 0 radical (unpaired) electrons. The van der Waals surface area contributed by atoms with Crippen molar-refractivity contribution in [3.05, 3.63) is 23.3 Å². The first kappa shape index (κ1) is 18.5. The second-order valence-corrected chi connectivity index (χ2v) is 5.59. The minimum atomic E-state index is -0.310. The molecule has 124 valence electrons. The van der Waals surface area contributed by atoms with Gasteiger partial charge in [0.05, 0.1) is 13.2 Å². The van der Waals surface area contributed by atoms with Crippen LogP contribution < -0.4 is 0 Å². The zero-order chi connectivity index (χ0) is 16.2. The highest BCUT2D eigenvalue weighted by molar-refractivity contribution is 5.87. The molecule has 22 heavy (non-hydrogen) atoms. The second-order valence-electron chi connectivity index (χ2n) is 5.59. The highest BCUT2D eigenvalue weighted by Gasteiger charge is 2.15. The Labute approximate surface area is 133 Å². The third-order valence-electron chi connectivity index (χ3n) is 3.62. The van der Waals surface area contributed by atoms with Crippen molar-refractivity contribution in [1.82, 2.24) is 0 Å². The monoisotopic (exact) mass is 308 g/mol. The van der Waals surface area contributed by atoms with Gasteiger partial charge in [-0.05, 0) is 49.7 Å². The van der Waals surface area contributed by atoms with Crippen molar-refractivity contribution in [2.24, 2.45) is 0 Å². The number of carbonyl (C=O) groups is 2. The summed E-state index contributed by atoms with van der Waals surface area (Å²) < 4.78 is 10.3. The van der Waals surface area contributed by atoms with Gasteiger partial charge in [0.2, 0.25) is 0 Å². The lowest BCUT2D eigenvalue weighted by Crippen LogP contribution is -2.09. The Bertz CT molecular complexity index is 381. The summed E-state index contributed by atoms with van der Waals surface area (Å²) in [5.74, 6) is -0.619. The van der Waals surface area contributed by atoms with Crippen molar-refractivity contribution in [1.29, 1.82) is 0 Å². The molecule has 0 saturated heterocycles. The lowest BCUT2D eigenvalue weighted by molar-refractivity contribution is -0.139. The molecule has 1 saturated carbocycles. The first-order chi connectivity index (χ1) is 10.7. The van der Waals surface area contributed by atoms with Crippen molar-refractivity contribution in [3.63, 3.8) is 0 Å². The van der Waals surface area contributed by atoms with Crippen LogP contribution in [0.15, 0.2) is 23.3 Å². The van der Waals surface area contributed by atoms with Crippen molar-refractivity contribution in [2.45, 2.75) is 65.2 Å². The van der Waals surface area contributed by atoms with E-state index in [1.54, 1.807) is 12.2 Å². The summed E-state index contributed by atoms with van der Waals surface area (Å²) in [6.45, 7) is 5.02. The first-order valence-corrected chi connectivity index (χ1v) is 8.42. The fourth-order valence-electron chi connectivity index (χ4n) is 2.28. The topological polar surface area (TPSA) is 52.6 Å². The summed E-state index contributed by atoms with van der Waals surface area (Å²) in [7, 11) is 0. The van der Waals surface area contributed by atoms with Gasteiger partial charge in [-0.2, -0.15) is 0 Å². The average molecular weight is 308 g/mol. The van der Waals surface area contributed by atoms with Crippen LogP contribution in [0.3, 0.4) is 0 Å². The summed E-state index contributed by atoms with van der Waals surface area (Å²) in [5, 5.41) is 0. The Morgan fingerprint density at radius 1 is 0.864 bits per heavy atom. The van der Waals surface area contributed by atoms with Crippen molar-refractivity contribution < 1.29 is 19.1 Å². The highest BCUT2D eigenvalue weighted by atomic mass is 16.5.